The number of nitrogens with one attached hydrogen (secondary N) is 2. The predicted octanol–water partition coefficient (Wildman–Crippen LogP) is 1.93. The van der Waals surface area contributed by atoms with E-state index in [1.165, 1.54) is 12.4 Å². The number of fused-ring (bicyclic) bond motifs is 1. The van der Waals surface area contributed by atoms with Crippen molar-refractivity contribution < 1.29 is 17.9 Å². The van der Waals surface area contributed by atoms with Crippen LogP contribution in [0.1, 0.15) is 0 Å². The number of imidazole rings is 1. The molecule has 3 aromatic rings. The fraction of sp³-hybridized carbons (Fsp3) is 0.188. The van der Waals surface area contributed by atoms with E-state index in [2.05, 4.69) is 14.7 Å². The Kier molecular flexibility index (Phi) is 4.68. The standard InChI is InChI=1S/C16H17N3O4S/c1-22-12-2-4-13(5-3-12)23-9-8-19-24(20,21)14-6-7-15-16(10-14)18-11-17-15/h2-7,10-11,19H,8-9H2,1H3,(H,17,18). The molecule has 0 saturated carbocycles. The Balaban J connectivity index is 1.56. The van der Waals surface area contributed by atoms with Crippen LogP contribution in [0.5, 0.6) is 11.5 Å². The molecule has 0 radical (unpaired) electrons. The minimum Gasteiger partial charge on any atom is -0.497 e. The molecule has 0 fully saturated rings. The maximum Gasteiger partial charge on any atom is 0.240 e. The molecule has 0 spiro atoms. The van der Waals surface area contributed by atoms with Gasteiger partial charge in [0.15, 0.2) is 0 Å². The Morgan fingerprint density at radius 3 is 2.62 bits per heavy atom. The number of benzene rings is 2. The lowest BCUT2D eigenvalue weighted by Crippen LogP contribution is -2.28. The average molecular weight is 347 g/mol. The zero-order chi connectivity index (χ0) is 17.0. The number of hydrogen-bond acceptors (Lipinski definition) is 5. The van der Waals surface area contributed by atoms with Gasteiger partial charge in [0.25, 0.3) is 0 Å². The van der Waals surface area contributed by atoms with Gasteiger partial charge in [-0.15, -0.1) is 0 Å². The lowest BCUT2D eigenvalue weighted by atomic mass is 10.3. The monoisotopic (exact) mass is 347 g/mol. The van der Waals surface area contributed by atoms with Crippen LogP contribution in [0, 0.1) is 0 Å². The number of aromatic amines is 1. The third kappa shape index (κ3) is 3.66. The van der Waals surface area contributed by atoms with Crippen molar-refractivity contribution in [3.63, 3.8) is 0 Å². The summed E-state index contributed by atoms with van der Waals surface area (Å²) in [5.41, 5.74) is 1.39. The summed E-state index contributed by atoms with van der Waals surface area (Å²) in [4.78, 5) is 7.14. The van der Waals surface area contributed by atoms with Crippen LogP contribution < -0.4 is 14.2 Å². The van der Waals surface area contributed by atoms with Gasteiger partial charge in [-0.3, -0.25) is 0 Å². The number of H-pyrrole nitrogens is 1. The van der Waals surface area contributed by atoms with Crippen LogP contribution in [0.2, 0.25) is 0 Å². The number of sulfonamides is 1. The first-order chi connectivity index (χ1) is 11.6. The highest BCUT2D eigenvalue weighted by atomic mass is 32.2. The minimum atomic E-state index is -3.59. The quantitative estimate of drug-likeness (QED) is 0.637. The molecule has 24 heavy (non-hydrogen) atoms. The normalized spacial score (nSPS) is 11.5. The van der Waals surface area contributed by atoms with Gasteiger partial charge in [0.2, 0.25) is 10.0 Å². The first-order valence-electron chi connectivity index (χ1n) is 7.28. The van der Waals surface area contributed by atoms with E-state index < -0.39 is 10.0 Å². The van der Waals surface area contributed by atoms with Crippen LogP contribution in [0.3, 0.4) is 0 Å². The van der Waals surface area contributed by atoms with Crippen molar-refractivity contribution in [2.75, 3.05) is 20.3 Å². The summed E-state index contributed by atoms with van der Waals surface area (Å²) in [5, 5.41) is 0. The van der Waals surface area contributed by atoms with E-state index >= 15 is 0 Å². The molecule has 0 saturated heterocycles. The lowest BCUT2D eigenvalue weighted by Gasteiger charge is -2.09. The highest BCUT2D eigenvalue weighted by Crippen LogP contribution is 2.17. The van der Waals surface area contributed by atoms with Gasteiger partial charge in [0.05, 0.1) is 29.4 Å². The second-order valence-corrected chi connectivity index (χ2v) is 6.77. The number of methoxy groups -OCH3 is 1. The molecule has 1 heterocycles. The molecule has 0 amide bonds. The number of aromatic nitrogens is 2. The Morgan fingerprint density at radius 1 is 1.12 bits per heavy atom. The van der Waals surface area contributed by atoms with Crippen molar-refractivity contribution in [1.82, 2.24) is 14.7 Å². The van der Waals surface area contributed by atoms with Crippen molar-refractivity contribution in [3.05, 3.63) is 48.8 Å². The smallest absolute Gasteiger partial charge is 0.240 e. The summed E-state index contributed by atoms with van der Waals surface area (Å²) in [5.74, 6) is 1.38. The van der Waals surface area contributed by atoms with Gasteiger partial charge in [0, 0.05) is 6.54 Å². The summed E-state index contributed by atoms with van der Waals surface area (Å²) in [6, 6.07) is 11.8. The van der Waals surface area contributed by atoms with Crippen LogP contribution in [-0.4, -0.2) is 38.6 Å². The summed E-state index contributed by atoms with van der Waals surface area (Å²) >= 11 is 0. The van der Waals surface area contributed by atoms with E-state index in [-0.39, 0.29) is 18.0 Å². The van der Waals surface area contributed by atoms with Crippen molar-refractivity contribution in [2.45, 2.75) is 4.90 Å². The third-order valence-electron chi connectivity index (χ3n) is 3.42. The number of rotatable bonds is 7. The second kappa shape index (κ2) is 6.90. The molecule has 2 N–H and O–H groups in total. The van der Waals surface area contributed by atoms with Crippen LogP contribution in [-0.2, 0) is 10.0 Å². The number of ether oxygens (including phenoxy) is 2. The van der Waals surface area contributed by atoms with Gasteiger partial charge >= 0.3 is 0 Å². The van der Waals surface area contributed by atoms with Crippen LogP contribution in [0.4, 0.5) is 0 Å². The summed E-state index contributed by atoms with van der Waals surface area (Å²) in [6.07, 6.45) is 1.52. The van der Waals surface area contributed by atoms with E-state index in [0.717, 1.165) is 11.3 Å². The first kappa shape index (κ1) is 16.3. The maximum absolute atomic E-state index is 12.3. The summed E-state index contributed by atoms with van der Waals surface area (Å²) < 4.78 is 37.6. The zero-order valence-electron chi connectivity index (χ0n) is 13.0. The SMILES string of the molecule is COc1ccc(OCCNS(=O)(=O)c2ccc3nc[nH]c3c2)cc1. The topological polar surface area (TPSA) is 93.3 Å². The molecule has 0 unspecified atom stereocenters. The molecular weight excluding hydrogens is 330 g/mol. The number of hydrogen-bond donors (Lipinski definition) is 2. The molecule has 8 heteroatoms. The minimum absolute atomic E-state index is 0.162. The van der Waals surface area contributed by atoms with Gasteiger partial charge in [-0.05, 0) is 42.5 Å². The largest absolute Gasteiger partial charge is 0.497 e. The molecule has 1 aromatic heterocycles. The highest BCUT2D eigenvalue weighted by Gasteiger charge is 2.14. The third-order valence-corrected chi connectivity index (χ3v) is 4.88. The van der Waals surface area contributed by atoms with Crippen LogP contribution in [0.15, 0.2) is 53.7 Å². The molecule has 126 valence electrons. The molecule has 3 rings (SSSR count). The van der Waals surface area contributed by atoms with Crippen molar-refractivity contribution in [3.8, 4) is 11.5 Å². The highest BCUT2D eigenvalue weighted by molar-refractivity contribution is 7.89. The fourth-order valence-corrected chi connectivity index (χ4v) is 3.22. The Morgan fingerprint density at radius 2 is 1.88 bits per heavy atom. The molecule has 7 nitrogen and oxygen atoms in total. The van der Waals surface area contributed by atoms with Gasteiger partial charge in [-0.25, -0.2) is 18.1 Å². The average Bonchev–Trinajstić information content (AvgIpc) is 3.07. The molecule has 0 aliphatic rings. The summed E-state index contributed by atoms with van der Waals surface area (Å²) in [7, 11) is -2.00. The van der Waals surface area contributed by atoms with Gasteiger partial charge in [0.1, 0.15) is 18.1 Å². The van der Waals surface area contributed by atoms with Crippen LogP contribution in [0.25, 0.3) is 11.0 Å². The van der Waals surface area contributed by atoms with Gasteiger partial charge < -0.3 is 14.5 Å². The Labute approximate surface area is 139 Å². The zero-order valence-corrected chi connectivity index (χ0v) is 13.8. The Bertz CT molecular complexity index is 920. The molecular formula is C16H17N3O4S. The van der Waals surface area contributed by atoms with Crippen molar-refractivity contribution in [2.24, 2.45) is 0 Å². The van der Waals surface area contributed by atoms with Crippen molar-refractivity contribution >= 4 is 21.1 Å². The van der Waals surface area contributed by atoms with E-state index in [9.17, 15) is 8.42 Å². The molecule has 0 atom stereocenters. The van der Waals surface area contributed by atoms with E-state index in [4.69, 9.17) is 9.47 Å². The van der Waals surface area contributed by atoms with E-state index in [0.29, 0.717) is 11.3 Å². The second-order valence-electron chi connectivity index (χ2n) is 5.00. The fourth-order valence-electron chi connectivity index (χ4n) is 2.18. The van der Waals surface area contributed by atoms with Gasteiger partial charge in [-0.1, -0.05) is 0 Å². The molecule has 2 aromatic carbocycles. The number of nitrogens with zero attached hydrogens (tertiary/aromatic N) is 1. The summed E-state index contributed by atoms with van der Waals surface area (Å²) in [6.45, 7) is 0.382. The first-order valence-corrected chi connectivity index (χ1v) is 8.76. The van der Waals surface area contributed by atoms with Crippen LogP contribution >= 0.6 is 0 Å². The van der Waals surface area contributed by atoms with Crippen molar-refractivity contribution in [1.29, 1.82) is 0 Å². The molecule has 0 aliphatic heterocycles. The maximum atomic E-state index is 12.3. The molecule has 0 bridgehead atoms. The molecule has 0 aliphatic carbocycles. The Hall–Kier alpha value is -2.58. The van der Waals surface area contributed by atoms with E-state index in [1.807, 2.05) is 0 Å². The van der Waals surface area contributed by atoms with E-state index in [1.54, 1.807) is 43.5 Å². The lowest BCUT2D eigenvalue weighted by molar-refractivity contribution is 0.322. The van der Waals surface area contributed by atoms with Gasteiger partial charge in [-0.2, -0.15) is 0 Å². The predicted molar refractivity (Wildman–Crippen MR) is 89.8 cm³/mol.